The molecule has 0 aromatic heterocycles. The van der Waals surface area contributed by atoms with Crippen LogP contribution in [-0.4, -0.2) is 87.5 Å². The van der Waals surface area contributed by atoms with Gasteiger partial charge in [-0.15, -0.1) is 0 Å². The topological polar surface area (TPSA) is 149 Å². The molecule has 0 bridgehead atoms. The standard InChI is InChI=1S/C84H147NO8/c1-3-5-7-9-11-13-15-17-19-21-23-25-27-29-31-33-35-36-37-38-39-40-41-42-44-46-48-50-52-54-56-58-60-62-64-66-68-70-72-74-80(88)85-77(76-92-84-83(91)82(90)81(89)79(75-86)93-84)78(87)73-71-69-67-65-63-61-59-57-55-53-51-49-47-45-43-34-32-30-28-26-24-22-20-18-16-14-12-10-8-6-4-2/h5,7,11,13,17,19,23,25,29,31,35-36,38-39,41-42,46,48,71,73,77-79,81-84,86-87,89-91H,3-4,6,8-10,12,14-16,18,20-22,24,26-28,30,32-34,37,40,43-45,47,49-70,72,74-76H2,1-2H3,(H,85,88)/b7-5-,13-11-,19-17-,25-23-,31-29-,36-35-,39-38-,42-41-,48-46-,73-71+. The van der Waals surface area contributed by atoms with Crippen molar-refractivity contribution in [2.75, 3.05) is 13.2 Å². The van der Waals surface area contributed by atoms with Crippen LogP contribution in [0, 0.1) is 0 Å². The Bertz CT molecular complexity index is 1890. The van der Waals surface area contributed by atoms with E-state index in [0.717, 1.165) is 103 Å². The minimum Gasteiger partial charge on any atom is -0.394 e. The summed E-state index contributed by atoms with van der Waals surface area (Å²) in [6.45, 7) is 3.70. The monoisotopic (exact) mass is 1300 g/mol. The molecule has 1 aliphatic rings. The second-order valence-electron chi connectivity index (χ2n) is 26.8. The third kappa shape index (κ3) is 59.6. The minimum atomic E-state index is -1.57. The molecule has 1 aliphatic heterocycles. The minimum absolute atomic E-state index is 0.180. The maximum atomic E-state index is 13.2. The first-order valence-corrected chi connectivity index (χ1v) is 39.3. The number of rotatable bonds is 68. The summed E-state index contributed by atoms with van der Waals surface area (Å²) in [5, 5.41) is 54.9. The van der Waals surface area contributed by atoms with Gasteiger partial charge in [-0.05, 0) is 89.9 Å². The molecule has 1 amide bonds. The number of ether oxygens (including phenoxy) is 2. The van der Waals surface area contributed by atoms with Crippen LogP contribution in [0.3, 0.4) is 0 Å². The summed E-state index contributed by atoms with van der Waals surface area (Å²) in [6.07, 6.45) is 100. The molecule has 1 fully saturated rings. The fourth-order valence-electron chi connectivity index (χ4n) is 12.0. The largest absolute Gasteiger partial charge is 0.394 e. The summed E-state index contributed by atoms with van der Waals surface area (Å²) >= 11 is 0. The van der Waals surface area contributed by atoms with Gasteiger partial charge in [0.15, 0.2) is 6.29 Å². The van der Waals surface area contributed by atoms with Crippen molar-refractivity contribution in [1.82, 2.24) is 5.32 Å². The summed E-state index contributed by atoms with van der Waals surface area (Å²) < 4.78 is 11.3. The predicted molar refractivity (Wildman–Crippen MR) is 400 cm³/mol. The van der Waals surface area contributed by atoms with E-state index in [9.17, 15) is 30.3 Å². The molecular weight excluding hydrogens is 1150 g/mol. The van der Waals surface area contributed by atoms with Crippen LogP contribution in [0.25, 0.3) is 0 Å². The quantitative estimate of drug-likeness (QED) is 0.0261. The zero-order chi connectivity index (χ0) is 67.1. The molecule has 7 atom stereocenters. The lowest BCUT2D eigenvalue weighted by Crippen LogP contribution is -2.60. The number of carbonyl (C=O) groups excluding carboxylic acids is 1. The molecule has 93 heavy (non-hydrogen) atoms. The smallest absolute Gasteiger partial charge is 0.220 e. The van der Waals surface area contributed by atoms with E-state index in [4.69, 9.17) is 9.47 Å². The van der Waals surface area contributed by atoms with Crippen molar-refractivity contribution in [3.05, 3.63) is 122 Å². The highest BCUT2D eigenvalue weighted by molar-refractivity contribution is 5.76. The van der Waals surface area contributed by atoms with Gasteiger partial charge in [0, 0.05) is 6.42 Å². The molecule has 536 valence electrons. The first-order chi connectivity index (χ1) is 45.8. The highest BCUT2D eigenvalue weighted by Gasteiger charge is 2.44. The van der Waals surface area contributed by atoms with Gasteiger partial charge >= 0.3 is 0 Å². The Balaban J connectivity index is 2.12. The van der Waals surface area contributed by atoms with Crippen molar-refractivity contribution in [3.63, 3.8) is 0 Å². The van der Waals surface area contributed by atoms with E-state index in [2.05, 4.69) is 129 Å². The molecule has 0 aliphatic carbocycles. The Morgan fingerprint density at radius 1 is 0.376 bits per heavy atom. The van der Waals surface area contributed by atoms with Crippen LogP contribution < -0.4 is 5.32 Å². The van der Waals surface area contributed by atoms with Crippen molar-refractivity contribution in [1.29, 1.82) is 0 Å². The fraction of sp³-hybridized carbons (Fsp3) is 0.750. The van der Waals surface area contributed by atoms with Gasteiger partial charge in [0.05, 0.1) is 25.4 Å². The average Bonchev–Trinajstić information content (AvgIpc) is 1.02. The number of unbranched alkanes of at least 4 members (excludes halogenated alkanes) is 40. The predicted octanol–water partition coefficient (Wildman–Crippen LogP) is 22.5. The first kappa shape index (κ1) is 87.6. The number of carbonyl (C=O) groups is 1. The van der Waals surface area contributed by atoms with E-state index in [1.165, 1.54) is 225 Å². The van der Waals surface area contributed by atoms with E-state index < -0.39 is 49.5 Å². The molecule has 7 unspecified atom stereocenters. The Kier molecular flexibility index (Phi) is 67.2. The van der Waals surface area contributed by atoms with E-state index >= 15 is 0 Å². The summed E-state index contributed by atoms with van der Waals surface area (Å²) in [5.74, 6) is -0.180. The number of nitrogens with one attached hydrogen (secondary N) is 1. The van der Waals surface area contributed by atoms with Crippen molar-refractivity contribution in [2.24, 2.45) is 0 Å². The Labute approximate surface area is 573 Å². The zero-order valence-electron chi connectivity index (χ0n) is 60.2. The van der Waals surface area contributed by atoms with E-state index in [1.807, 2.05) is 6.08 Å². The molecule has 9 nitrogen and oxygen atoms in total. The molecule has 6 N–H and O–H groups in total. The van der Waals surface area contributed by atoms with Gasteiger partial charge in [0.2, 0.25) is 5.91 Å². The summed E-state index contributed by atoms with van der Waals surface area (Å²) in [5.41, 5.74) is 0. The molecule has 0 aromatic rings. The first-order valence-electron chi connectivity index (χ1n) is 39.3. The van der Waals surface area contributed by atoms with Crippen molar-refractivity contribution >= 4 is 5.91 Å². The summed E-state index contributed by atoms with van der Waals surface area (Å²) in [4.78, 5) is 13.2. The van der Waals surface area contributed by atoms with Gasteiger partial charge in [0.25, 0.3) is 0 Å². The Morgan fingerprint density at radius 3 is 0.989 bits per heavy atom. The lowest BCUT2D eigenvalue weighted by molar-refractivity contribution is -0.302. The van der Waals surface area contributed by atoms with Gasteiger partial charge < -0.3 is 40.3 Å². The molecule has 0 spiro atoms. The van der Waals surface area contributed by atoms with Crippen LogP contribution in [-0.2, 0) is 14.3 Å². The molecule has 1 rings (SSSR count). The van der Waals surface area contributed by atoms with Crippen molar-refractivity contribution in [2.45, 2.75) is 391 Å². The second-order valence-corrected chi connectivity index (χ2v) is 26.8. The van der Waals surface area contributed by atoms with Crippen LogP contribution in [0.5, 0.6) is 0 Å². The van der Waals surface area contributed by atoms with E-state index in [-0.39, 0.29) is 12.5 Å². The SMILES string of the molecule is CC/C=C\C/C=C\C/C=C\C/C=C\C/C=C\C/C=C\C/C=C\C/C=C\C/C=C\CCCCCCCCCCCCCC(=O)NC(COC1OC(CO)C(O)C(O)C1O)C(O)/C=C/CCCCCCCCCCCCCCCCCCCCCCCCCCCCCCC. The van der Waals surface area contributed by atoms with Crippen LogP contribution >= 0.6 is 0 Å². The lowest BCUT2D eigenvalue weighted by Gasteiger charge is -2.40. The van der Waals surface area contributed by atoms with E-state index in [0.29, 0.717) is 6.42 Å². The lowest BCUT2D eigenvalue weighted by atomic mass is 9.99. The zero-order valence-corrected chi connectivity index (χ0v) is 60.2. The number of hydrogen-bond acceptors (Lipinski definition) is 8. The number of amides is 1. The van der Waals surface area contributed by atoms with Gasteiger partial charge in [0.1, 0.15) is 24.4 Å². The maximum Gasteiger partial charge on any atom is 0.220 e. The fourth-order valence-corrected chi connectivity index (χ4v) is 12.0. The molecule has 1 heterocycles. The van der Waals surface area contributed by atoms with Gasteiger partial charge in [-0.25, -0.2) is 0 Å². The number of aliphatic hydroxyl groups excluding tert-OH is 5. The van der Waals surface area contributed by atoms with Crippen LogP contribution in [0.2, 0.25) is 0 Å². The normalized spacial score (nSPS) is 18.3. The maximum absolute atomic E-state index is 13.2. The average molecular weight is 1300 g/mol. The van der Waals surface area contributed by atoms with Crippen LogP contribution in [0.4, 0.5) is 0 Å². The molecule has 0 radical (unpaired) electrons. The molecule has 0 saturated carbocycles. The van der Waals surface area contributed by atoms with Crippen molar-refractivity contribution < 1.29 is 39.8 Å². The highest BCUT2D eigenvalue weighted by Crippen LogP contribution is 2.23. The number of hydrogen-bond donors (Lipinski definition) is 6. The third-order valence-electron chi connectivity index (χ3n) is 18.0. The van der Waals surface area contributed by atoms with Crippen LogP contribution in [0.1, 0.15) is 348 Å². The molecule has 9 heteroatoms. The Morgan fingerprint density at radius 2 is 0.667 bits per heavy atom. The number of aliphatic hydroxyl groups is 5. The summed E-state index contributed by atoms with van der Waals surface area (Å²) in [6, 6.07) is -0.816. The van der Waals surface area contributed by atoms with Gasteiger partial charge in [-0.1, -0.05) is 373 Å². The van der Waals surface area contributed by atoms with Crippen molar-refractivity contribution in [3.8, 4) is 0 Å². The second kappa shape index (κ2) is 71.4. The van der Waals surface area contributed by atoms with E-state index in [1.54, 1.807) is 6.08 Å². The molecule has 0 aromatic carbocycles. The van der Waals surface area contributed by atoms with Gasteiger partial charge in [-0.2, -0.15) is 0 Å². The third-order valence-corrected chi connectivity index (χ3v) is 18.0. The molecule has 1 saturated heterocycles. The molecular formula is C84H147NO8. The van der Waals surface area contributed by atoms with Crippen LogP contribution in [0.15, 0.2) is 122 Å². The van der Waals surface area contributed by atoms with Gasteiger partial charge in [-0.3, -0.25) is 4.79 Å². The Hall–Kier alpha value is -3.41. The summed E-state index contributed by atoms with van der Waals surface area (Å²) in [7, 11) is 0. The highest BCUT2D eigenvalue weighted by atomic mass is 16.7. The number of allylic oxidation sites excluding steroid dienone is 19.